The average molecular weight is 196 g/mol. The first-order valence-electron chi connectivity index (χ1n) is 5.54. The quantitative estimate of drug-likeness (QED) is 0.508. The van der Waals surface area contributed by atoms with E-state index in [0.717, 1.165) is 19.6 Å². The molecule has 0 unspecified atom stereocenters. The van der Waals surface area contributed by atoms with Gasteiger partial charge in [0.2, 0.25) is 0 Å². The Labute approximate surface area is 87.8 Å². The summed E-state index contributed by atoms with van der Waals surface area (Å²) in [6.07, 6.45) is 5.77. The van der Waals surface area contributed by atoms with E-state index in [4.69, 9.17) is 9.31 Å². The Bertz CT molecular complexity index is 180. The molecule has 2 nitrogen and oxygen atoms in total. The highest BCUT2D eigenvalue weighted by Crippen LogP contribution is 2.21. The molecule has 3 heteroatoms. The van der Waals surface area contributed by atoms with E-state index in [9.17, 15) is 0 Å². The number of unbranched alkanes of at least 4 members (excludes halogenated alkanes) is 2. The third kappa shape index (κ3) is 4.29. The Morgan fingerprint density at radius 2 is 1.93 bits per heavy atom. The summed E-state index contributed by atoms with van der Waals surface area (Å²) in [5, 5.41) is 0. The first kappa shape index (κ1) is 11.8. The van der Waals surface area contributed by atoms with E-state index in [1.54, 1.807) is 0 Å². The van der Waals surface area contributed by atoms with Gasteiger partial charge in [0, 0.05) is 18.6 Å². The summed E-state index contributed by atoms with van der Waals surface area (Å²) in [4.78, 5) is 0. The maximum Gasteiger partial charge on any atom is 0.485 e. The van der Waals surface area contributed by atoms with Crippen LogP contribution in [0.15, 0.2) is 12.1 Å². The second-order valence-electron chi connectivity index (χ2n) is 4.72. The van der Waals surface area contributed by atoms with E-state index in [1.807, 2.05) is 5.98 Å². The highest BCUT2D eigenvalue weighted by Gasteiger charge is 2.29. The summed E-state index contributed by atoms with van der Waals surface area (Å²) in [6, 6.07) is 0. The molecule has 0 aromatic heterocycles. The first-order chi connectivity index (χ1) is 6.64. The van der Waals surface area contributed by atoms with Crippen molar-refractivity contribution in [2.45, 2.75) is 40.0 Å². The average Bonchev–Trinajstić information content (AvgIpc) is 2.15. The van der Waals surface area contributed by atoms with Gasteiger partial charge in [0.1, 0.15) is 0 Å². The van der Waals surface area contributed by atoms with Gasteiger partial charge in [-0.3, -0.25) is 0 Å². The fourth-order valence-electron chi connectivity index (χ4n) is 1.35. The van der Waals surface area contributed by atoms with Crippen molar-refractivity contribution in [3.8, 4) is 0 Å². The van der Waals surface area contributed by atoms with Gasteiger partial charge in [-0.2, -0.15) is 0 Å². The summed E-state index contributed by atoms with van der Waals surface area (Å²) in [6.45, 7) is 8.09. The van der Waals surface area contributed by atoms with Crippen molar-refractivity contribution in [3.05, 3.63) is 12.1 Å². The topological polar surface area (TPSA) is 18.5 Å². The highest BCUT2D eigenvalue weighted by atomic mass is 16.6. The molecule has 0 atom stereocenters. The Morgan fingerprint density at radius 3 is 2.50 bits per heavy atom. The minimum atomic E-state index is -0.111. The molecule has 1 saturated heterocycles. The van der Waals surface area contributed by atoms with Crippen molar-refractivity contribution < 1.29 is 9.31 Å². The van der Waals surface area contributed by atoms with E-state index in [2.05, 4.69) is 26.8 Å². The summed E-state index contributed by atoms with van der Waals surface area (Å²) < 4.78 is 11.1. The van der Waals surface area contributed by atoms with Crippen LogP contribution in [0.1, 0.15) is 40.0 Å². The molecule has 0 aromatic carbocycles. The number of allylic oxidation sites excluding steroid dienone is 1. The molecule has 0 bridgehead atoms. The normalized spacial score (nSPS) is 21.8. The van der Waals surface area contributed by atoms with Gasteiger partial charge in [-0.1, -0.05) is 45.7 Å². The fourth-order valence-corrected chi connectivity index (χ4v) is 1.35. The van der Waals surface area contributed by atoms with Crippen molar-refractivity contribution >= 4 is 7.12 Å². The minimum Gasteiger partial charge on any atom is -0.407 e. The molecule has 0 aliphatic carbocycles. The van der Waals surface area contributed by atoms with Crippen LogP contribution >= 0.6 is 0 Å². The third-order valence-corrected chi connectivity index (χ3v) is 2.29. The number of hydrogen-bond acceptors (Lipinski definition) is 2. The molecule has 0 radical (unpaired) electrons. The van der Waals surface area contributed by atoms with E-state index in [1.165, 1.54) is 12.8 Å². The van der Waals surface area contributed by atoms with E-state index in [-0.39, 0.29) is 12.5 Å². The Hall–Kier alpha value is -0.275. The Morgan fingerprint density at radius 1 is 1.29 bits per heavy atom. The molecular formula is C11H21BO2. The molecule has 0 saturated carbocycles. The van der Waals surface area contributed by atoms with Crippen molar-refractivity contribution in [1.29, 1.82) is 0 Å². The molecule has 1 heterocycles. The lowest BCUT2D eigenvalue weighted by molar-refractivity contribution is 0.0336. The zero-order valence-electron chi connectivity index (χ0n) is 9.58. The van der Waals surface area contributed by atoms with E-state index in [0.29, 0.717) is 0 Å². The van der Waals surface area contributed by atoms with Crippen LogP contribution in [0.2, 0.25) is 0 Å². The molecule has 0 aromatic rings. The molecule has 1 aliphatic rings. The third-order valence-electron chi connectivity index (χ3n) is 2.29. The summed E-state index contributed by atoms with van der Waals surface area (Å²) in [5.74, 6) is 2.03. The van der Waals surface area contributed by atoms with Gasteiger partial charge in [0.05, 0.1) is 0 Å². The van der Waals surface area contributed by atoms with Gasteiger partial charge < -0.3 is 9.31 Å². The van der Waals surface area contributed by atoms with Gasteiger partial charge in [0.15, 0.2) is 0 Å². The lowest BCUT2D eigenvalue weighted by atomic mass is 9.83. The van der Waals surface area contributed by atoms with Crippen molar-refractivity contribution in [3.63, 3.8) is 0 Å². The predicted molar refractivity (Wildman–Crippen MR) is 60.1 cm³/mol. The van der Waals surface area contributed by atoms with E-state index < -0.39 is 0 Å². The molecule has 14 heavy (non-hydrogen) atoms. The predicted octanol–water partition coefficient (Wildman–Crippen LogP) is 2.83. The monoisotopic (exact) mass is 196 g/mol. The van der Waals surface area contributed by atoms with Crippen LogP contribution in [0, 0.1) is 5.41 Å². The smallest absolute Gasteiger partial charge is 0.407 e. The zero-order valence-corrected chi connectivity index (χ0v) is 9.58. The largest absolute Gasteiger partial charge is 0.485 e. The van der Waals surface area contributed by atoms with E-state index >= 15 is 0 Å². The van der Waals surface area contributed by atoms with Crippen molar-refractivity contribution in [2.75, 3.05) is 13.2 Å². The summed E-state index contributed by atoms with van der Waals surface area (Å²) in [5.41, 5.74) is 0.174. The van der Waals surface area contributed by atoms with Gasteiger partial charge in [0.25, 0.3) is 0 Å². The van der Waals surface area contributed by atoms with Crippen molar-refractivity contribution in [1.82, 2.24) is 0 Å². The summed E-state index contributed by atoms with van der Waals surface area (Å²) >= 11 is 0. The highest BCUT2D eigenvalue weighted by molar-refractivity contribution is 6.50. The van der Waals surface area contributed by atoms with Gasteiger partial charge in [-0.05, 0) is 6.42 Å². The van der Waals surface area contributed by atoms with Crippen LogP contribution in [0.4, 0.5) is 0 Å². The lowest BCUT2D eigenvalue weighted by Crippen LogP contribution is -2.39. The molecule has 1 aliphatic heterocycles. The maximum atomic E-state index is 5.56. The molecule has 0 N–H and O–H groups in total. The molecule has 1 rings (SSSR count). The second kappa shape index (κ2) is 5.57. The molecular weight excluding hydrogens is 175 g/mol. The molecule has 80 valence electrons. The zero-order chi connectivity index (χ0) is 10.4. The first-order valence-corrected chi connectivity index (χ1v) is 5.54. The van der Waals surface area contributed by atoms with Crippen molar-refractivity contribution in [2.24, 2.45) is 5.41 Å². The van der Waals surface area contributed by atoms with Gasteiger partial charge in [-0.15, -0.1) is 0 Å². The van der Waals surface area contributed by atoms with Crippen LogP contribution in [-0.4, -0.2) is 20.3 Å². The lowest BCUT2D eigenvalue weighted by Gasteiger charge is -2.31. The SMILES string of the molecule is CCCC/C=C/B1OCC(C)(C)CO1. The molecule has 0 spiro atoms. The van der Waals surface area contributed by atoms with Gasteiger partial charge >= 0.3 is 7.12 Å². The Balaban J connectivity index is 2.18. The molecule has 0 amide bonds. The minimum absolute atomic E-state index is 0.111. The van der Waals surface area contributed by atoms with Crippen LogP contribution < -0.4 is 0 Å². The Kier molecular flexibility index (Phi) is 4.69. The summed E-state index contributed by atoms with van der Waals surface area (Å²) in [7, 11) is -0.111. The standard InChI is InChI=1S/C11H21BO2/c1-4-5-6-7-8-12-13-9-11(2,3)10-14-12/h7-8H,4-6,9-10H2,1-3H3/b8-7+. The van der Waals surface area contributed by atoms with Gasteiger partial charge in [-0.25, -0.2) is 0 Å². The van der Waals surface area contributed by atoms with Crippen LogP contribution in [-0.2, 0) is 9.31 Å². The van der Waals surface area contributed by atoms with Crippen LogP contribution in [0.3, 0.4) is 0 Å². The number of hydrogen-bond donors (Lipinski definition) is 0. The fraction of sp³-hybridized carbons (Fsp3) is 0.818. The van der Waals surface area contributed by atoms with Crippen LogP contribution in [0.25, 0.3) is 0 Å². The number of rotatable bonds is 4. The maximum absolute atomic E-state index is 5.56. The van der Waals surface area contributed by atoms with Crippen LogP contribution in [0.5, 0.6) is 0 Å². The molecule has 1 fully saturated rings. The second-order valence-corrected chi connectivity index (χ2v) is 4.72.